The summed E-state index contributed by atoms with van der Waals surface area (Å²) < 4.78 is 13.2. The number of halogens is 1. The van der Waals surface area contributed by atoms with Crippen molar-refractivity contribution in [1.29, 1.82) is 0 Å². The van der Waals surface area contributed by atoms with Gasteiger partial charge in [-0.15, -0.1) is 0 Å². The SMILES string of the molecule is CC(Cc1ccccc1C(C)F)C(=O)O. The molecule has 0 radical (unpaired) electrons. The number of alkyl halides is 1. The van der Waals surface area contributed by atoms with Gasteiger partial charge in [0.2, 0.25) is 0 Å². The monoisotopic (exact) mass is 210 g/mol. The van der Waals surface area contributed by atoms with Gasteiger partial charge < -0.3 is 5.11 Å². The first-order chi connectivity index (χ1) is 7.02. The van der Waals surface area contributed by atoms with Crippen molar-refractivity contribution in [3.8, 4) is 0 Å². The summed E-state index contributed by atoms with van der Waals surface area (Å²) in [6, 6.07) is 7.05. The maximum absolute atomic E-state index is 13.2. The van der Waals surface area contributed by atoms with Crippen LogP contribution < -0.4 is 0 Å². The number of hydrogen-bond donors (Lipinski definition) is 1. The molecule has 1 aromatic rings. The number of benzene rings is 1. The standard InChI is InChI=1S/C12H15FO2/c1-8(12(14)15)7-10-5-3-4-6-11(10)9(2)13/h3-6,8-9H,7H2,1-2H3,(H,14,15). The second-order valence-corrected chi connectivity index (χ2v) is 3.76. The minimum absolute atomic E-state index is 0.375. The molecule has 0 heterocycles. The van der Waals surface area contributed by atoms with Gasteiger partial charge in [0.1, 0.15) is 6.17 Å². The maximum atomic E-state index is 13.2. The molecular weight excluding hydrogens is 195 g/mol. The van der Waals surface area contributed by atoms with Crippen LogP contribution in [0.4, 0.5) is 4.39 Å². The molecule has 82 valence electrons. The van der Waals surface area contributed by atoms with E-state index in [-0.39, 0.29) is 0 Å². The van der Waals surface area contributed by atoms with E-state index in [1.807, 2.05) is 0 Å². The highest BCUT2D eigenvalue weighted by atomic mass is 19.1. The van der Waals surface area contributed by atoms with Gasteiger partial charge in [-0.25, -0.2) is 4.39 Å². The second kappa shape index (κ2) is 4.91. The number of carbonyl (C=O) groups is 1. The molecule has 0 saturated carbocycles. The van der Waals surface area contributed by atoms with Crippen LogP contribution in [-0.2, 0) is 11.2 Å². The van der Waals surface area contributed by atoms with E-state index in [0.717, 1.165) is 5.56 Å². The summed E-state index contributed by atoms with van der Waals surface area (Å²) in [5.74, 6) is -1.33. The molecule has 0 aliphatic heterocycles. The third-order valence-electron chi connectivity index (χ3n) is 2.43. The topological polar surface area (TPSA) is 37.3 Å². The van der Waals surface area contributed by atoms with Crippen molar-refractivity contribution in [3.63, 3.8) is 0 Å². The van der Waals surface area contributed by atoms with Crippen LogP contribution in [0.3, 0.4) is 0 Å². The fraction of sp³-hybridized carbons (Fsp3) is 0.417. The summed E-state index contributed by atoms with van der Waals surface area (Å²) in [5.41, 5.74) is 1.37. The molecule has 15 heavy (non-hydrogen) atoms. The van der Waals surface area contributed by atoms with E-state index >= 15 is 0 Å². The third-order valence-corrected chi connectivity index (χ3v) is 2.43. The van der Waals surface area contributed by atoms with Crippen LogP contribution in [0, 0.1) is 5.92 Å². The van der Waals surface area contributed by atoms with Crippen LogP contribution in [0.2, 0.25) is 0 Å². The first-order valence-electron chi connectivity index (χ1n) is 4.97. The molecule has 1 rings (SSSR count). The zero-order valence-corrected chi connectivity index (χ0v) is 8.90. The van der Waals surface area contributed by atoms with E-state index in [1.54, 1.807) is 31.2 Å². The molecular formula is C12H15FO2. The molecule has 0 aliphatic rings. The van der Waals surface area contributed by atoms with E-state index in [4.69, 9.17) is 5.11 Å². The first-order valence-corrected chi connectivity index (χ1v) is 4.97. The van der Waals surface area contributed by atoms with E-state index in [0.29, 0.717) is 12.0 Å². The first kappa shape index (κ1) is 11.7. The third kappa shape index (κ3) is 3.05. The minimum atomic E-state index is -1.05. The molecule has 0 aliphatic carbocycles. The summed E-state index contributed by atoms with van der Waals surface area (Å²) in [5, 5.41) is 8.78. The fourth-order valence-electron chi connectivity index (χ4n) is 1.53. The maximum Gasteiger partial charge on any atom is 0.306 e. The van der Waals surface area contributed by atoms with Gasteiger partial charge in [-0.3, -0.25) is 4.79 Å². The van der Waals surface area contributed by atoms with Crippen LogP contribution in [0.1, 0.15) is 31.1 Å². The highest BCUT2D eigenvalue weighted by molar-refractivity contribution is 5.70. The van der Waals surface area contributed by atoms with Crippen LogP contribution in [0.5, 0.6) is 0 Å². The molecule has 2 atom stereocenters. The molecule has 1 aromatic carbocycles. The average molecular weight is 210 g/mol. The molecule has 0 fully saturated rings. The lowest BCUT2D eigenvalue weighted by atomic mass is 9.95. The quantitative estimate of drug-likeness (QED) is 0.829. The number of carboxylic acid groups (broad SMARTS) is 1. The van der Waals surface area contributed by atoms with E-state index in [1.165, 1.54) is 6.92 Å². The van der Waals surface area contributed by atoms with Crippen LogP contribution in [-0.4, -0.2) is 11.1 Å². The molecule has 2 nitrogen and oxygen atoms in total. The summed E-state index contributed by atoms with van der Waals surface area (Å²) in [6.07, 6.45) is -0.679. The van der Waals surface area contributed by atoms with Gasteiger partial charge in [0.25, 0.3) is 0 Å². The van der Waals surface area contributed by atoms with Gasteiger partial charge in [0.05, 0.1) is 5.92 Å². The lowest BCUT2D eigenvalue weighted by molar-refractivity contribution is -0.141. The number of rotatable bonds is 4. The van der Waals surface area contributed by atoms with Gasteiger partial charge in [-0.05, 0) is 24.5 Å². The number of carboxylic acids is 1. The van der Waals surface area contributed by atoms with Crippen molar-refractivity contribution in [1.82, 2.24) is 0 Å². The van der Waals surface area contributed by atoms with Gasteiger partial charge in [0.15, 0.2) is 0 Å². The zero-order chi connectivity index (χ0) is 11.4. The summed E-state index contributed by atoms with van der Waals surface area (Å²) >= 11 is 0. The normalized spacial score (nSPS) is 14.6. The van der Waals surface area contributed by atoms with Gasteiger partial charge >= 0.3 is 5.97 Å². The van der Waals surface area contributed by atoms with Gasteiger partial charge in [-0.1, -0.05) is 31.2 Å². The van der Waals surface area contributed by atoms with Crippen molar-refractivity contribution < 1.29 is 14.3 Å². The molecule has 0 amide bonds. The predicted octanol–water partition coefficient (Wildman–Crippen LogP) is 2.98. The van der Waals surface area contributed by atoms with Crippen molar-refractivity contribution in [2.75, 3.05) is 0 Å². The highest BCUT2D eigenvalue weighted by Gasteiger charge is 2.15. The van der Waals surface area contributed by atoms with Gasteiger partial charge in [-0.2, -0.15) is 0 Å². The Kier molecular flexibility index (Phi) is 3.83. The van der Waals surface area contributed by atoms with E-state index < -0.39 is 18.1 Å². The van der Waals surface area contributed by atoms with Crippen molar-refractivity contribution in [3.05, 3.63) is 35.4 Å². The van der Waals surface area contributed by atoms with Crippen molar-refractivity contribution in [2.45, 2.75) is 26.4 Å². The van der Waals surface area contributed by atoms with Crippen LogP contribution in [0.25, 0.3) is 0 Å². The average Bonchev–Trinajstić information content (AvgIpc) is 2.18. The lowest BCUT2D eigenvalue weighted by Gasteiger charge is -2.12. The van der Waals surface area contributed by atoms with Gasteiger partial charge in [0, 0.05) is 0 Å². The Hall–Kier alpha value is -1.38. The number of hydrogen-bond acceptors (Lipinski definition) is 1. The molecule has 0 saturated heterocycles. The predicted molar refractivity (Wildman–Crippen MR) is 56.5 cm³/mol. The van der Waals surface area contributed by atoms with Crippen LogP contribution >= 0.6 is 0 Å². The molecule has 0 bridgehead atoms. The Morgan fingerprint density at radius 2 is 2.00 bits per heavy atom. The van der Waals surface area contributed by atoms with Crippen molar-refractivity contribution in [2.24, 2.45) is 5.92 Å². The Morgan fingerprint density at radius 1 is 1.40 bits per heavy atom. The molecule has 2 unspecified atom stereocenters. The largest absolute Gasteiger partial charge is 0.481 e. The zero-order valence-electron chi connectivity index (χ0n) is 8.90. The molecule has 0 aromatic heterocycles. The summed E-state index contributed by atoms with van der Waals surface area (Å²) in [4.78, 5) is 10.7. The van der Waals surface area contributed by atoms with Crippen molar-refractivity contribution >= 4 is 5.97 Å². The molecule has 0 spiro atoms. The summed E-state index contributed by atoms with van der Waals surface area (Å²) in [6.45, 7) is 3.09. The van der Waals surface area contributed by atoms with E-state index in [2.05, 4.69) is 0 Å². The molecule has 1 N–H and O–H groups in total. The summed E-state index contributed by atoms with van der Waals surface area (Å²) in [7, 11) is 0. The molecule has 3 heteroatoms. The number of aliphatic carboxylic acids is 1. The fourth-order valence-corrected chi connectivity index (χ4v) is 1.53. The lowest BCUT2D eigenvalue weighted by Crippen LogP contribution is -2.13. The Morgan fingerprint density at radius 3 is 2.53 bits per heavy atom. The highest BCUT2D eigenvalue weighted by Crippen LogP contribution is 2.23. The second-order valence-electron chi connectivity index (χ2n) is 3.76. The Bertz CT molecular complexity index is 347. The minimum Gasteiger partial charge on any atom is -0.481 e. The van der Waals surface area contributed by atoms with E-state index in [9.17, 15) is 9.18 Å². The Labute approximate surface area is 88.7 Å². The van der Waals surface area contributed by atoms with Crippen LogP contribution in [0.15, 0.2) is 24.3 Å². The smallest absolute Gasteiger partial charge is 0.306 e. The Balaban J connectivity index is 2.89.